The lowest BCUT2D eigenvalue weighted by Crippen LogP contribution is -1.89. The van der Waals surface area contributed by atoms with Crippen LogP contribution in [0.2, 0.25) is 10.0 Å². The van der Waals surface area contributed by atoms with Gasteiger partial charge in [0.1, 0.15) is 5.69 Å². The second kappa shape index (κ2) is 5.93. The van der Waals surface area contributed by atoms with Gasteiger partial charge in [-0.2, -0.15) is 0 Å². The van der Waals surface area contributed by atoms with Crippen LogP contribution in [-0.4, -0.2) is 5.16 Å². The van der Waals surface area contributed by atoms with E-state index in [1.807, 2.05) is 6.07 Å². The fraction of sp³-hybridized carbons (Fsp3) is 0. The third-order valence-electron chi connectivity index (χ3n) is 2.81. The van der Waals surface area contributed by atoms with Crippen LogP contribution in [0.5, 0.6) is 0 Å². The number of benzene rings is 1. The number of rotatable bonds is 2. The third kappa shape index (κ3) is 2.75. The molecule has 0 unspecified atom stereocenters. The average Bonchev–Trinajstić information content (AvgIpc) is 2.94. The molecule has 2 N–H and O–H groups in total. The second-order valence-electron chi connectivity index (χ2n) is 4.10. The van der Waals surface area contributed by atoms with Crippen LogP contribution in [0.3, 0.4) is 0 Å². The van der Waals surface area contributed by atoms with E-state index in [1.165, 1.54) is 11.3 Å². The minimum atomic E-state index is 0.181. The van der Waals surface area contributed by atoms with Crippen LogP contribution in [0.1, 0.15) is 0 Å². The largest absolute Gasteiger partial charge is 0.367 e. The summed E-state index contributed by atoms with van der Waals surface area (Å²) in [6.07, 6.45) is 0. The maximum Gasteiger partial charge on any atom is 0.230 e. The standard InChI is InChI=1S/C13H6Br2Cl2N2OS/c14-5-4-8(21-12(5)15)11-10(13(18)20-19-11)9-6(16)2-1-3-7(9)17/h1-4H,18H2. The second-order valence-corrected chi connectivity index (χ2v) is 8.14. The van der Waals surface area contributed by atoms with Crippen LogP contribution in [-0.2, 0) is 0 Å². The van der Waals surface area contributed by atoms with Gasteiger partial charge in [-0.05, 0) is 50.1 Å². The lowest BCUT2D eigenvalue weighted by molar-refractivity contribution is 0.439. The predicted octanol–water partition coefficient (Wildman–Crippen LogP) is 6.48. The highest BCUT2D eigenvalue weighted by Crippen LogP contribution is 2.46. The van der Waals surface area contributed by atoms with Crippen molar-refractivity contribution in [1.82, 2.24) is 5.16 Å². The number of nitrogens with two attached hydrogens (primary N) is 1. The van der Waals surface area contributed by atoms with Crippen LogP contribution in [0, 0.1) is 0 Å². The first-order valence-electron chi connectivity index (χ1n) is 5.63. The Morgan fingerprint density at radius 2 is 1.81 bits per heavy atom. The SMILES string of the molecule is Nc1onc(-c2cc(Br)c(Br)s2)c1-c1c(Cl)cccc1Cl. The summed E-state index contributed by atoms with van der Waals surface area (Å²) in [4.78, 5) is 0.889. The maximum absolute atomic E-state index is 6.26. The number of hydrogen-bond donors (Lipinski definition) is 1. The molecule has 0 bridgehead atoms. The lowest BCUT2D eigenvalue weighted by atomic mass is 10.0. The number of anilines is 1. The Bertz CT molecular complexity index is 792. The van der Waals surface area contributed by atoms with Crippen LogP contribution in [0.25, 0.3) is 21.7 Å². The highest BCUT2D eigenvalue weighted by molar-refractivity contribution is 9.13. The molecule has 0 amide bonds. The van der Waals surface area contributed by atoms with Crippen LogP contribution in [0.15, 0.2) is 37.0 Å². The Morgan fingerprint density at radius 1 is 1.14 bits per heavy atom. The Labute approximate surface area is 151 Å². The number of hydrogen-bond acceptors (Lipinski definition) is 4. The van der Waals surface area contributed by atoms with Gasteiger partial charge >= 0.3 is 0 Å². The zero-order chi connectivity index (χ0) is 15.1. The molecule has 2 aromatic heterocycles. The lowest BCUT2D eigenvalue weighted by Gasteiger charge is -2.06. The average molecular weight is 469 g/mol. The van der Waals surface area contributed by atoms with E-state index in [0.717, 1.165) is 13.1 Å². The quantitative estimate of drug-likeness (QED) is 0.468. The van der Waals surface area contributed by atoms with Crippen molar-refractivity contribution in [2.45, 2.75) is 0 Å². The molecule has 0 radical (unpaired) electrons. The summed E-state index contributed by atoms with van der Waals surface area (Å²) in [5.41, 5.74) is 7.76. The van der Waals surface area contributed by atoms with E-state index in [1.54, 1.807) is 18.2 Å². The minimum Gasteiger partial charge on any atom is -0.367 e. The van der Waals surface area contributed by atoms with Crippen molar-refractivity contribution in [2.75, 3.05) is 5.73 Å². The first-order valence-corrected chi connectivity index (χ1v) is 8.79. The molecule has 3 aromatic rings. The van der Waals surface area contributed by atoms with E-state index >= 15 is 0 Å². The highest BCUT2D eigenvalue weighted by Gasteiger charge is 2.23. The van der Waals surface area contributed by atoms with Gasteiger partial charge in [-0.1, -0.05) is 34.4 Å². The van der Waals surface area contributed by atoms with E-state index in [0.29, 0.717) is 26.9 Å². The number of nitrogen functional groups attached to an aromatic ring is 1. The number of thiophene rings is 1. The molecule has 108 valence electrons. The van der Waals surface area contributed by atoms with E-state index in [9.17, 15) is 0 Å². The topological polar surface area (TPSA) is 52.0 Å². The van der Waals surface area contributed by atoms with E-state index in [4.69, 9.17) is 33.5 Å². The van der Waals surface area contributed by atoms with Crippen molar-refractivity contribution in [3.05, 3.63) is 42.6 Å². The van der Waals surface area contributed by atoms with Crippen molar-refractivity contribution in [3.63, 3.8) is 0 Å². The van der Waals surface area contributed by atoms with Gasteiger partial charge in [-0.15, -0.1) is 11.3 Å². The number of halogens is 4. The zero-order valence-electron chi connectivity index (χ0n) is 10.2. The molecule has 0 atom stereocenters. The summed E-state index contributed by atoms with van der Waals surface area (Å²) < 4.78 is 7.03. The fourth-order valence-electron chi connectivity index (χ4n) is 1.91. The summed E-state index contributed by atoms with van der Waals surface area (Å²) >= 11 is 20.9. The minimum absolute atomic E-state index is 0.181. The number of aromatic nitrogens is 1. The van der Waals surface area contributed by atoms with Gasteiger partial charge in [-0.25, -0.2) is 0 Å². The van der Waals surface area contributed by atoms with Crippen molar-refractivity contribution in [2.24, 2.45) is 0 Å². The Kier molecular flexibility index (Phi) is 4.34. The zero-order valence-corrected chi connectivity index (χ0v) is 15.7. The van der Waals surface area contributed by atoms with Crippen molar-refractivity contribution in [1.29, 1.82) is 0 Å². The summed E-state index contributed by atoms with van der Waals surface area (Å²) in [7, 11) is 0. The Morgan fingerprint density at radius 3 is 2.38 bits per heavy atom. The van der Waals surface area contributed by atoms with E-state index in [-0.39, 0.29) is 5.88 Å². The van der Waals surface area contributed by atoms with Gasteiger partial charge in [-0.3, -0.25) is 0 Å². The molecule has 21 heavy (non-hydrogen) atoms. The van der Waals surface area contributed by atoms with Crippen LogP contribution >= 0.6 is 66.4 Å². The van der Waals surface area contributed by atoms with Gasteiger partial charge in [0.15, 0.2) is 0 Å². The number of nitrogens with zero attached hydrogens (tertiary/aromatic N) is 1. The Hall–Kier alpha value is -0.530. The highest BCUT2D eigenvalue weighted by atomic mass is 79.9. The molecule has 0 fully saturated rings. The Balaban J connectivity index is 2.27. The smallest absolute Gasteiger partial charge is 0.230 e. The van der Waals surface area contributed by atoms with Crippen molar-refractivity contribution < 1.29 is 4.52 Å². The summed E-state index contributed by atoms with van der Waals surface area (Å²) in [6.45, 7) is 0. The molecule has 8 heteroatoms. The molecule has 3 rings (SSSR count). The molecule has 0 saturated carbocycles. The molecule has 0 spiro atoms. The van der Waals surface area contributed by atoms with Gasteiger partial charge in [0.05, 0.1) is 24.3 Å². The monoisotopic (exact) mass is 466 g/mol. The van der Waals surface area contributed by atoms with E-state index in [2.05, 4.69) is 37.0 Å². The van der Waals surface area contributed by atoms with Gasteiger partial charge < -0.3 is 10.3 Å². The molecule has 2 heterocycles. The molecule has 0 saturated heterocycles. The molecular weight excluding hydrogens is 463 g/mol. The third-order valence-corrected chi connectivity index (χ3v) is 6.70. The fourth-order valence-corrected chi connectivity index (χ4v) is 4.52. The maximum atomic E-state index is 6.26. The molecule has 0 aliphatic carbocycles. The first-order chi connectivity index (χ1) is 9.99. The van der Waals surface area contributed by atoms with Gasteiger partial charge in [0.25, 0.3) is 0 Å². The summed E-state index contributed by atoms with van der Waals surface area (Å²) in [5, 5.41) is 5.04. The summed E-state index contributed by atoms with van der Waals surface area (Å²) in [6, 6.07) is 7.20. The van der Waals surface area contributed by atoms with Crippen molar-refractivity contribution >= 4 is 72.3 Å². The predicted molar refractivity (Wildman–Crippen MR) is 95.1 cm³/mol. The molecule has 0 aliphatic heterocycles. The molecule has 0 aliphatic rings. The van der Waals surface area contributed by atoms with Gasteiger partial charge in [0.2, 0.25) is 5.88 Å². The van der Waals surface area contributed by atoms with E-state index < -0.39 is 0 Å². The molecule has 3 nitrogen and oxygen atoms in total. The first kappa shape index (κ1) is 15.4. The van der Waals surface area contributed by atoms with Gasteiger partial charge in [0, 0.05) is 10.0 Å². The van der Waals surface area contributed by atoms with Crippen molar-refractivity contribution in [3.8, 4) is 21.7 Å². The molecular formula is C13H6Br2Cl2N2OS. The van der Waals surface area contributed by atoms with Crippen LogP contribution in [0.4, 0.5) is 5.88 Å². The summed E-state index contributed by atoms with van der Waals surface area (Å²) in [5.74, 6) is 0.181. The molecule has 1 aromatic carbocycles. The van der Waals surface area contributed by atoms with Crippen LogP contribution < -0.4 is 5.73 Å². The normalized spacial score (nSPS) is 11.0.